The van der Waals surface area contributed by atoms with Gasteiger partial charge in [-0.2, -0.15) is 0 Å². The Hall–Kier alpha value is -2.50. The number of carboxylic acids is 1. The van der Waals surface area contributed by atoms with E-state index in [2.05, 4.69) is 10.3 Å². The van der Waals surface area contributed by atoms with Crippen molar-refractivity contribution in [2.24, 2.45) is 0 Å². The number of hydrogen-bond donors (Lipinski definition) is 4. The minimum absolute atomic E-state index is 0.207. The molecule has 1 amide bonds. The standard InChI is InChI=1S/C13H15N3O3/c1-7(17)16-11(13(18)19)5-8-6-15-12-9(8)3-2-4-10(12)14/h2-4,6,11,15H,5,14H2,1H3,(H,16,17)(H,18,19). The van der Waals surface area contributed by atoms with Gasteiger partial charge in [0.2, 0.25) is 5.91 Å². The highest BCUT2D eigenvalue weighted by Gasteiger charge is 2.20. The van der Waals surface area contributed by atoms with Gasteiger partial charge in [-0.25, -0.2) is 4.79 Å². The molecule has 6 nitrogen and oxygen atoms in total. The number of amides is 1. The number of carbonyl (C=O) groups excluding carboxylic acids is 1. The first-order valence-electron chi connectivity index (χ1n) is 5.83. The highest BCUT2D eigenvalue weighted by molar-refractivity contribution is 5.93. The van der Waals surface area contributed by atoms with Crippen LogP contribution in [0.25, 0.3) is 10.9 Å². The number of aromatic amines is 1. The van der Waals surface area contributed by atoms with Gasteiger partial charge in [-0.1, -0.05) is 12.1 Å². The Morgan fingerprint density at radius 1 is 1.47 bits per heavy atom. The molecule has 2 aromatic rings. The first kappa shape index (κ1) is 12.9. The van der Waals surface area contributed by atoms with Gasteiger partial charge in [-0.15, -0.1) is 0 Å². The molecule has 1 aromatic carbocycles. The zero-order valence-electron chi connectivity index (χ0n) is 10.4. The number of anilines is 1. The van der Waals surface area contributed by atoms with Crippen molar-refractivity contribution in [2.45, 2.75) is 19.4 Å². The molecule has 1 atom stereocenters. The second kappa shape index (κ2) is 5.01. The van der Waals surface area contributed by atoms with E-state index in [4.69, 9.17) is 10.8 Å². The molecule has 2 rings (SSSR count). The van der Waals surface area contributed by atoms with Crippen LogP contribution < -0.4 is 11.1 Å². The Morgan fingerprint density at radius 3 is 2.84 bits per heavy atom. The van der Waals surface area contributed by atoms with Crippen molar-refractivity contribution in [2.75, 3.05) is 5.73 Å². The van der Waals surface area contributed by atoms with Crippen LogP contribution in [-0.4, -0.2) is 28.0 Å². The minimum Gasteiger partial charge on any atom is -0.480 e. The number of nitrogens with two attached hydrogens (primary N) is 1. The van der Waals surface area contributed by atoms with Crippen LogP contribution in [0.3, 0.4) is 0 Å². The predicted octanol–water partition coefficient (Wildman–Crippen LogP) is 0.882. The van der Waals surface area contributed by atoms with E-state index >= 15 is 0 Å². The molecular weight excluding hydrogens is 246 g/mol. The Kier molecular flexibility index (Phi) is 3.41. The maximum Gasteiger partial charge on any atom is 0.326 e. The summed E-state index contributed by atoms with van der Waals surface area (Å²) in [6.07, 6.45) is 1.93. The van der Waals surface area contributed by atoms with Gasteiger partial charge in [0.1, 0.15) is 6.04 Å². The Balaban J connectivity index is 2.31. The Morgan fingerprint density at radius 2 is 2.21 bits per heavy atom. The SMILES string of the molecule is CC(=O)NC(Cc1c[nH]c2c(N)cccc12)C(=O)O. The lowest BCUT2D eigenvalue weighted by Crippen LogP contribution is -2.41. The van der Waals surface area contributed by atoms with Gasteiger partial charge in [-0.3, -0.25) is 4.79 Å². The molecule has 0 saturated heterocycles. The highest BCUT2D eigenvalue weighted by Crippen LogP contribution is 2.24. The summed E-state index contributed by atoms with van der Waals surface area (Å²) < 4.78 is 0. The molecular formula is C13H15N3O3. The normalized spacial score (nSPS) is 12.3. The molecule has 0 fully saturated rings. The topological polar surface area (TPSA) is 108 Å². The summed E-state index contributed by atoms with van der Waals surface area (Å²) in [6.45, 7) is 1.29. The minimum atomic E-state index is -1.06. The molecule has 0 aliphatic rings. The van der Waals surface area contributed by atoms with E-state index in [0.29, 0.717) is 5.69 Å². The summed E-state index contributed by atoms with van der Waals surface area (Å²) in [5.41, 5.74) is 8.02. The number of benzene rings is 1. The number of para-hydroxylation sites is 1. The first-order chi connectivity index (χ1) is 8.99. The van der Waals surface area contributed by atoms with E-state index in [1.165, 1.54) is 6.92 Å². The molecule has 0 aliphatic carbocycles. The number of nitrogens with one attached hydrogen (secondary N) is 2. The van der Waals surface area contributed by atoms with Crippen molar-refractivity contribution in [3.8, 4) is 0 Å². The van der Waals surface area contributed by atoms with Crippen molar-refractivity contribution in [1.29, 1.82) is 0 Å². The third-order valence-corrected chi connectivity index (χ3v) is 2.93. The van der Waals surface area contributed by atoms with Gasteiger partial charge in [0.25, 0.3) is 0 Å². The fourth-order valence-corrected chi connectivity index (χ4v) is 2.07. The average Bonchev–Trinajstić information content (AvgIpc) is 2.72. The number of fused-ring (bicyclic) bond motifs is 1. The molecule has 6 heteroatoms. The number of carbonyl (C=O) groups is 2. The van der Waals surface area contributed by atoms with Gasteiger partial charge in [0.15, 0.2) is 0 Å². The molecule has 100 valence electrons. The van der Waals surface area contributed by atoms with Gasteiger partial charge in [0.05, 0.1) is 11.2 Å². The quantitative estimate of drug-likeness (QED) is 0.613. The molecule has 1 heterocycles. The number of H-pyrrole nitrogens is 1. The fraction of sp³-hybridized carbons (Fsp3) is 0.231. The number of nitrogen functional groups attached to an aromatic ring is 1. The molecule has 1 aromatic heterocycles. The summed E-state index contributed by atoms with van der Waals surface area (Å²) in [5.74, 6) is -1.43. The summed E-state index contributed by atoms with van der Waals surface area (Å²) >= 11 is 0. The van der Waals surface area contributed by atoms with Crippen molar-refractivity contribution in [1.82, 2.24) is 10.3 Å². The van der Waals surface area contributed by atoms with E-state index in [1.807, 2.05) is 12.1 Å². The van der Waals surface area contributed by atoms with Crippen molar-refractivity contribution in [3.63, 3.8) is 0 Å². The Labute approximate surface area is 109 Å². The Bertz CT molecular complexity index is 633. The zero-order chi connectivity index (χ0) is 14.0. The molecule has 0 saturated carbocycles. The third kappa shape index (κ3) is 2.67. The number of carboxylic acid groups (broad SMARTS) is 1. The summed E-state index contributed by atoms with van der Waals surface area (Å²) in [4.78, 5) is 25.1. The fourth-order valence-electron chi connectivity index (χ4n) is 2.07. The lowest BCUT2D eigenvalue weighted by atomic mass is 10.0. The number of hydrogen-bond acceptors (Lipinski definition) is 3. The molecule has 0 radical (unpaired) electrons. The van der Waals surface area contributed by atoms with Crippen LogP contribution in [0, 0.1) is 0 Å². The predicted molar refractivity (Wildman–Crippen MR) is 71.7 cm³/mol. The van der Waals surface area contributed by atoms with E-state index < -0.39 is 12.0 Å². The molecule has 0 bridgehead atoms. The number of rotatable bonds is 4. The second-order valence-corrected chi connectivity index (χ2v) is 4.38. The van der Waals surface area contributed by atoms with Crippen LogP contribution in [0.15, 0.2) is 24.4 Å². The third-order valence-electron chi connectivity index (χ3n) is 2.93. The second-order valence-electron chi connectivity index (χ2n) is 4.38. The molecule has 0 spiro atoms. The van der Waals surface area contributed by atoms with Gasteiger partial charge >= 0.3 is 5.97 Å². The van der Waals surface area contributed by atoms with Gasteiger partial charge in [0, 0.05) is 24.9 Å². The largest absolute Gasteiger partial charge is 0.480 e. The smallest absolute Gasteiger partial charge is 0.326 e. The average molecular weight is 261 g/mol. The molecule has 1 unspecified atom stereocenters. The molecule has 5 N–H and O–H groups in total. The lowest BCUT2D eigenvalue weighted by Gasteiger charge is -2.12. The maximum atomic E-state index is 11.1. The summed E-state index contributed by atoms with van der Waals surface area (Å²) in [6, 6.07) is 4.50. The molecule has 19 heavy (non-hydrogen) atoms. The van der Waals surface area contributed by atoms with E-state index in [9.17, 15) is 9.59 Å². The van der Waals surface area contributed by atoms with Crippen LogP contribution in [0.4, 0.5) is 5.69 Å². The van der Waals surface area contributed by atoms with E-state index in [-0.39, 0.29) is 12.3 Å². The van der Waals surface area contributed by atoms with Crippen molar-refractivity contribution < 1.29 is 14.7 Å². The van der Waals surface area contributed by atoms with Crippen LogP contribution >= 0.6 is 0 Å². The van der Waals surface area contributed by atoms with E-state index in [0.717, 1.165) is 16.5 Å². The van der Waals surface area contributed by atoms with Gasteiger partial charge in [-0.05, 0) is 11.6 Å². The number of aliphatic carboxylic acids is 1. The van der Waals surface area contributed by atoms with Crippen LogP contribution in [-0.2, 0) is 16.0 Å². The highest BCUT2D eigenvalue weighted by atomic mass is 16.4. The zero-order valence-corrected chi connectivity index (χ0v) is 10.4. The summed E-state index contributed by atoms with van der Waals surface area (Å²) in [5, 5.41) is 12.4. The van der Waals surface area contributed by atoms with Crippen molar-refractivity contribution in [3.05, 3.63) is 30.0 Å². The number of aromatic nitrogens is 1. The van der Waals surface area contributed by atoms with Crippen molar-refractivity contribution >= 4 is 28.5 Å². The van der Waals surface area contributed by atoms with Crippen LogP contribution in [0.5, 0.6) is 0 Å². The van der Waals surface area contributed by atoms with Crippen LogP contribution in [0.1, 0.15) is 12.5 Å². The monoisotopic (exact) mass is 261 g/mol. The lowest BCUT2D eigenvalue weighted by molar-refractivity contribution is -0.141. The maximum absolute atomic E-state index is 11.1. The first-order valence-corrected chi connectivity index (χ1v) is 5.83. The van der Waals surface area contributed by atoms with Crippen LogP contribution in [0.2, 0.25) is 0 Å². The summed E-state index contributed by atoms with van der Waals surface area (Å²) in [7, 11) is 0. The van der Waals surface area contributed by atoms with E-state index in [1.54, 1.807) is 12.3 Å². The molecule has 0 aliphatic heterocycles. The van der Waals surface area contributed by atoms with Gasteiger partial charge < -0.3 is 21.1 Å².